The van der Waals surface area contributed by atoms with Crippen LogP contribution in [0.4, 0.5) is 5.82 Å². The van der Waals surface area contributed by atoms with E-state index in [1.165, 1.54) is 23.3 Å². The highest BCUT2D eigenvalue weighted by atomic mass is 32.1. The molecular weight excluding hydrogens is 368 g/mol. The van der Waals surface area contributed by atoms with Gasteiger partial charge in [0.05, 0.1) is 24.8 Å². The number of benzene rings is 1. The van der Waals surface area contributed by atoms with Crippen molar-refractivity contribution in [2.24, 2.45) is 0 Å². The fourth-order valence-electron chi connectivity index (χ4n) is 3.83. The van der Waals surface area contributed by atoms with E-state index in [0.29, 0.717) is 6.04 Å². The van der Waals surface area contributed by atoms with Crippen molar-refractivity contribution in [3.8, 4) is 0 Å². The molecule has 0 bridgehead atoms. The minimum atomic E-state index is -0.0478. The van der Waals surface area contributed by atoms with Crippen molar-refractivity contribution in [2.75, 3.05) is 11.9 Å². The Morgan fingerprint density at radius 1 is 1.21 bits per heavy atom. The lowest BCUT2D eigenvalue weighted by Crippen LogP contribution is -2.32. The molecule has 146 valence electrons. The van der Waals surface area contributed by atoms with Crippen LogP contribution in [0.2, 0.25) is 0 Å². The molecule has 0 spiro atoms. The van der Waals surface area contributed by atoms with Gasteiger partial charge in [-0.2, -0.15) is 5.10 Å². The predicted octanol–water partition coefficient (Wildman–Crippen LogP) is 4.69. The van der Waals surface area contributed by atoms with Crippen LogP contribution < -0.4 is 10.6 Å². The number of nitrogens with one attached hydrogen (secondary N) is 2. The topological polar surface area (TPSA) is 59.0 Å². The number of hydrogen-bond acceptors (Lipinski definition) is 4. The first-order valence-corrected chi connectivity index (χ1v) is 10.8. The number of thiophene rings is 1. The molecular formula is C22H26N4OS. The maximum atomic E-state index is 12.6. The first-order valence-electron chi connectivity index (χ1n) is 9.87. The molecule has 0 unspecified atom stereocenters. The maximum Gasteiger partial charge on any atom is 0.239 e. The molecule has 5 nitrogen and oxygen atoms in total. The van der Waals surface area contributed by atoms with Crippen molar-refractivity contribution >= 4 is 23.1 Å². The van der Waals surface area contributed by atoms with E-state index in [0.717, 1.165) is 24.2 Å². The zero-order chi connectivity index (χ0) is 19.3. The summed E-state index contributed by atoms with van der Waals surface area (Å²) in [7, 11) is 0. The Morgan fingerprint density at radius 2 is 2.00 bits per heavy atom. The summed E-state index contributed by atoms with van der Waals surface area (Å²) in [4.78, 5) is 13.8. The lowest BCUT2D eigenvalue weighted by Gasteiger charge is -2.19. The van der Waals surface area contributed by atoms with Crippen LogP contribution in [0.1, 0.15) is 53.8 Å². The summed E-state index contributed by atoms with van der Waals surface area (Å²) in [5.74, 6) is 0.745. The number of rotatable bonds is 7. The largest absolute Gasteiger partial charge is 0.310 e. The third-order valence-electron chi connectivity index (χ3n) is 5.31. The van der Waals surface area contributed by atoms with Crippen LogP contribution in [0.3, 0.4) is 0 Å². The standard InChI is InChI=1S/C22H26N4OS/c1-16-8-10-17(11-9-16)22(19-7-4-14-28-19)23-15-21(27)25-20-12-13-24-26(20)18-5-2-3-6-18/h4,7-14,18,22-23H,2-3,5-6,15H2,1H3,(H,25,27)/t22-/m1/s1. The summed E-state index contributed by atoms with van der Waals surface area (Å²) in [6.45, 7) is 2.32. The van der Waals surface area contributed by atoms with Crippen molar-refractivity contribution in [1.29, 1.82) is 0 Å². The van der Waals surface area contributed by atoms with Gasteiger partial charge in [0.2, 0.25) is 5.91 Å². The SMILES string of the molecule is Cc1ccc([C@@H](NCC(=O)Nc2ccnn2C2CCCC2)c2cccs2)cc1. The summed E-state index contributed by atoms with van der Waals surface area (Å²) in [5, 5.41) is 13.0. The number of aromatic nitrogens is 2. The highest BCUT2D eigenvalue weighted by molar-refractivity contribution is 7.10. The van der Waals surface area contributed by atoms with Crippen LogP contribution in [-0.2, 0) is 4.79 Å². The van der Waals surface area contributed by atoms with Gasteiger partial charge >= 0.3 is 0 Å². The lowest BCUT2D eigenvalue weighted by molar-refractivity contribution is -0.115. The quantitative estimate of drug-likeness (QED) is 0.611. The van der Waals surface area contributed by atoms with Gasteiger partial charge in [-0.15, -0.1) is 11.3 Å². The van der Waals surface area contributed by atoms with E-state index in [2.05, 4.69) is 58.4 Å². The third-order valence-corrected chi connectivity index (χ3v) is 6.25. The molecule has 1 amide bonds. The zero-order valence-corrected chi connectivity index (χ0v) is 16.9. The Labute approximate surface area is 169 Å². The Morgan fingerprint density at radius 3 is 2.71 bits per heavy atom. The second-order valence-corrected chi connectivity index (χ2v) is 8.37. The molecule has 28 heavy (non-hydrogen) atoms. The smallest absolute Gasteiger partial charge is 0.239 e. The molecule has 2 aromatic heterocycles. The summed E-state index contributed by atoms with van der Waals surface area (Å²) >= 11 is 1.70. The summed E-state index contributed by atoms with van der Waals surface area (Å²) in [6, 6.07) is 14.9. The summed E-state index contributed by atoms with van der Waals surface area (Å²) in [6.07, 6.45) is 6.51. The van der Waals surface area contributed by atoms with Crippen molar-refractivity contribution in [3.05, 3.63) is 70.0 Å². The zero-order valence-electron chi connectivity index (χ0n) is 16.1. The molecule has 0 radical (unpaired) electrons. The van der Waals surface area contributed by atoms with Gasteiger partial charge in [-0.3, -0.25) is 10.1 Å². The second kappa shape index (κ2) is 8.71. The molecule has 0 aliphatic heterocycles. The van der Waals surface area contributed by atoms with Gasteiger partial charge in [-0.25, -0.2) is 4.68 Å². The number of nitrogens with zero attached hydrogens (tertiary/aromatic N) is 2. The van der Waals surface area contributed by atoms with E-state index in [9.17, 15) is 4.79 Å². The molecule has 1 aliphatic carbocycles. The van der Waals surface area contributed by atoms with Crippen LogP contribution in [-0.4, -0.2) is 22.2 Å². The van der Waals surface area contributed by atoms with Crippen LogP contribution in [0.25, 0.3) is 0 Å². The third kappa shape index (κ3) is 4.34. The van der Waals surface area contributed by atoms with Gasteiger partial charge in [-0.1, -0.05) is 48.7 Å². The molecule has 2 heterocycles. The summed E-state index contributed by atoms with van der Waals surface area (Å²) in [5.41, 5.74) is 2.39. The fraction of sp³-hybridized carbons (Fsp3) is 0.364. The van der Waals surface area contributed by atoms with Gasteiger partial charge in [0.1, 0.15) is 5.82 Å². The Kier molecular flexibility index (Phi) is 5.88. The molecule has 1 fully saturated rings. The molecule has 4 rings (SSSR count). The Hall–Kier alpha value is -2.44. The van der Waals surface area contributed by atoms with Crippen molar-refractivity contribution < 1.29 is 4.79 Å². The van der Waals surface area contributed by atoms with E-state index in [-0.39, 0.29) is 18.5 Å². The maximum absolute atomic E-state index is 12.6. The molecule has 6 heteroatoms. The lowest BCUT2D eigenvalue weighted by atomic mass is 10.0. The Balaban J connectivity index is 1.42. The first kappa shape index (κ1) is 18.9. The van der Waals surface area contributed by atoms with Gasteiger partial charge < -0.3 is 5.32 Å². The molecule has 1 saturated carbocycles. The van der Waals surface area contributed by atoms with Gasteiger partial charge in [0.15, 0.2) is 0 Å². The molecule has 0 saturated heterocycles. The minimum Gasteiger partial charge on any atom is -0.310 e. The van der Waals surface area contributed by atoms with Gasteiger partial charge in [-0.05, 0) is 36.8 Å². The van der Waals surface area contributed by atoms with Crippen molar-refractivity contribution in [1.82, 2.24) is 15.1 Å². The van der Waals surface area contributed by atoms with E-state index >= 15 is 0 Å². The monoisotopic (exact) mass is 394 g/mol. The van der Waals surface area contributed by atoms with Crippen LogP contribution >= 0.6 is 11.3 Å². The van der Waals surface area contributed by atoms with Crippen LogP contribution in [0.5, 0.6) is 0 Å². The molecule has 2 N–H and O–H groups in total. The first-order chi connectivity index (χ1) is 13.7. The second-order valence-electron chi connectivity index (χ2n) is 7.39. The fourth-order valence-corrected chi connectivity index (χ4v) is 4.66. The number of anilines is 1. The molecule has 1 aromatic carbocycles. The van der Waals surface area contributed by atoms with E-state index in [4.69, 9.17) is 0 Å². The number of carbonyl (C=O) groups excluding carboxylic acids is 1. The number of amides is 1. The van der Waals surface area contributed by atoms with Crippen LogP contribution in [0, 0.1) is 6.92 Å². The normalized spacial score (nSPS) is 15.6. The Bertz CT molecular complexity index is 895. The van der Waals surface area contributed by atoms with Crippen LogP contribution in [0.15, 0.2) is 54.0 Å². The highest BCUT2D eigenvalue weighted by Crippen LogP contribution is 2.31. The van der Waals surface area contributed by atoms with E-state index in [1.807, 2.05) is 16.8 Å². The number of hydrogen-bond donors (Lipinski definition) is 2. The average molecular weight is 395 g/mol. The van der Waals surface area contributed by atoms with E-state index in [1.54, 1.807) is 17.5 Å². The predicted molar refractivity (Wildman–Crippen MR) is 114 cm³/mol. The average Bonchev–Trinajstić information content (AvgIpc) is 3.46. The number of carbonyl (C=O) groups is 1. The van der Waals surface area contributed by atoms with E-state index < -0.39 is 0 Å². The van der Waals surface area contributed by atoms with Gasteiger partial charge in [0.25, 0.3) is 0 Å². The van der Waals surface area contributed by atoms with Crippen molar-refractivity contribution in [2.45, 2.75) is 44.7 Å². The van der Waals surface area contributed by atoms with Crippen molar-refractivity contribution in [3.63, 3.8) is 0 Å². The number of aryl methyl sites for hydroxylation is 1. The minimum absolute atomic E-state index is 0.00564. The molecule has 1 aliphatic rings. The molecule has 3 aromatic rings. The highest BCUT2D eigenvalue weighted by Gasteiger charge is 2.21. The summed E-state index contributed by atoms with van der Waals surface area (Å²) < 4.78 is 1.97. The molecule has 1 atom stereocenters. The van der Waals surface area contributed by atoms with Gasteiger partial charge in [0, 0.05) is 10.9 Å².